The molecule has 1 saturated heterocycles. The Labute approximate surface area is 119 Å². The minimum atomic E-state index is -2.77. The second-order valence-corrected chi connectivity index (χ2v) is 5.20. The number of rotatable bonds is 4. The molecule has 21 heavy (non-hydrogen) atoms. The van der Waals surface area contributed by atoms with Crippen LogP contribution in [-0.4, -0.2) is 48.3 Å². The number of imidazole rings is 1. The molecule has 3 unspecified atom stereocenters. The molecule has 1 aliphatic rings. The van der Waals surface area contributed by atoms with E-state index >= 15 is 0 Å². The van der Waals surface area contributed by atoms with Gasteiger partial charge in [0, 0.05) is 11.0 Å². The van der Waals surface area contributed by atoms with Crippen LogP contribution in [0.15, 0.2) is 12.7 Å². The van der Waals surface area contributed by atoms with Gasteiger partial charge in [-0.15, -0.1) is 9.42 Å². The van der Waals surface area contributed by atoms with E-state index in [9.17, 15) is 9.67 Å². The molecule has 1 fully saturated rings. The zero-order valence-corrected chi connectivity index (χ0v) is 11.6. The maximum Gasteiger partial charge on any atom is 0.695 e. The lowest BCUT2D eigenvalue weighted by atomic mass is 10.2. The highest BCUT2D eigenvalue weighted by Gasteiger charge is 2.42. The van der Waals surface area contributed by atoms with Gasteiger partial charge in [-0.1, -0.05) is 0 Å². The number of nitrogen functional groups attached to an aromatic ring is 1. The first kappa shape index (κ1) is 14.2. The zero-order valence-electron chi connectivity index (χ0n) is 10.7. The lowest BCUT2D eigenvalue weighted by Crippen LogP contribution is -2.25. The number of aliphatic hydroxyl groups excluding tert-OH is 1. The maximum absolute atomic E-state index is 10.8. The highest BCUT2D eigenvalue weighted by Crippen LogP contribution is 2.36. The number of fused-ring (bicyclic) bond motifs is 1. The van der Waals surface area contributed by atoms with Gasteiger partial charge in [-0.3, -0.25) is 4.57 Å². The third-order valence-electron chi connectivity index (χ3n) is 3.28. The van der Waals surface area contributed by atoms with E-state index in [-0.39, 0.29) is 18.8 Å². The monoisotopic (exact) mass is 314 g/mol. The number of aromatic nitrogens is 4. The molecule has 10 nitrogen and oxygen atoms in total. The normalized spacial score (nSPS) is 26.4. The molecule has 4 atom stereocenters. The van der Waals surface area contributed by atoms with Crippen molar-refractivity contribution in [3.05, 3.63) is 12.7 Å². The predicted octanol–water partition coefficient (Wildman–Crippen LogP) is -0.277. The smallest absolute Gasteiger partial charge is 0.394 e. The van der Waals surface area contributed by atoms with Gasteiger partial charge in [0.25, 0.3) is 0 Å². The predicted molar refractivity (Wildman–Crippen MR) is 70.0 cm³/mol. The van der Waals surface area contributed by atoms with Crippen molar-refractivity contribution in [3.8, 4) is 0 Å². The second kappa shape index (κ2) is 5.58. The van der Waals surface area contributed by atoms with Crippen LogP contribution in [0.5, 0.6) is 0 Å². The van der Waals surface area contributed by atoms with E-state index in [0.717, 1.165) is 0 Å². The molecule has 2 aromatic heterocycles. The molecular weight excluding hydrogens is 301 g/mol. The van der Waals surface area contributed by atoms with E-state index in [4.69, 9.17) is 19.9 Å². The van der Waals surface area contributed by atoms with E-state index < -0.39 is 26.7 Å². The van der Waals surface area contributed by atoms with Crippen LogP contribution in [0.2, 0.25) is 0 Å². The van der Waals surface area contributed by atoms with Crippen LogP contribution >= 0.6 is 8.25 Å². The van der Waals surface area contributed by atoms with Crippen molar-refractivity contribution >= 4 is 25.2 Å². The Morgan fingerprint density at radius 1 is 1.52 bits per heavy atom. The maximum atomic E-state index is 10.8. The van der Waals surface area contributed by atoms with Crippen LogP contribution in [0.3, 0.4) is 0 Å². The lowest BCUT2D eigenvalue weighted by molar-refractivity contribution is -0.0394. The Morgan fingerprint density at radius 3 is 3.05 bits per heavy atom. The largest absolute Gasteiger partial charge is 0.695 e. The standard InChI is InChI=1S/C10H12N5O5P/c11-9-8-10(13-3-12-9)15(4-14-8)7-1-5(20-21(17)18)6(2-16)19-7/h3-7,16H,1-2H2,(H2-,11,12,13,17,18)/p+1/t5?,6-,7?/m1/s1. The third kappa shape index (κ3) is 2.59. The first-order valence-corrected chi connectivity index (χ1v) is 7.25. The zero-order chi connectivity index (χ0) is 15.0. The van der Waals surface area contributed by atoms with Gasteiger partial charge in [-0.25, -0.2) is 15.0 Å². The summed E-state index contributed by atoms with van der Waals surface area (Å²) in [6, 6.07) is 0. The molecule has 4 N–H and O–H groups in total. The van der Waals surface area contributed by atoms with Gasteiger partial charge in [0.1, 0.15) is 30.3 Å². The number of nitrogens with two attached hydrogens (primary N) is 1. The molecule has 0 bridgehead atoms. The Hall–Kier alpha value is -1.71. The minimum Gasteiger partial charge on any atom is -0.394 e. The summed E-state index contributed by atoms with van der Waals surface area (Å²) in [6.45, 7) is -0.325. The topological polar surface area (TPSA) is 146 Å². The minimum absolute atomic E-state index is 0.252. The summed E-state index contributed by atoms with van der Waals surface area (Å²) in [7, 11) is -2.77. The third-order valence-corrected chi connectivity index (χ3v) is 3.73. The molecule has 112 valence electrons. The molecule has 2 aromatic rings. The average Bonchev–Trinajstić information content (AvgIpc) is 3.02. The molecule has 3 heterocycles. The average molecular weight is 314 g/mol. The van der Waals surface area contributed by atoms with Crippen molar-refractivity contribution in [1.29, 1.82) is 0 Å². The summed E-state index contributed by atoms with van der Waals surface area (Å²) >= 11 is 0. The number of anilines is 1. The van der Waals surface area contributed by atoms with Crippen molar-refractivity contribution in [2.45, 2.75) is 24.9 Å². The number of aliphatic hydroxyl groups is 1. The molecule has 0 aliphatic carbocycles. The van der Waals surface area contributed by atoms with Crippen LogP contribution < -0.4 is 5.73 Å². The Kier molecular flexibility index (Phi) is 3.79. The summed E-state index contributed by atoms with van der Waals surface area (Å²) in [5, 5.41) is 9.27. The van der Waals surface area contributed by atoms with Gasteiger partial charge in [0.05, 0.1) is 12.9 Å². The van der Waals surface area contributed by atoms with Crippen LogP contribution in [0.4, 0.5) is 5.82 Å². The van der Waals surface area contributed by atoms with Gasteiger partial charge >= 0.3 is 8.25 Å². The lowest BCUT2D eigenvalue weighted by Gasteiger charge is -2.13. The SMILES string of the molecule is Nc1ncnc2c1ncn2C1CC(O[P+](=O)O)[C@@H](CO)O1. The van der Waals surface area contributed by atoms with E-state index in [1.54, 1.807) is 4.57 Å². The van der Waals surface area contributed by atoms with Crippen molar-refractivity contribution in [1.82, 2.24) is 19.5 Å². The molecule has 1 aliphatic heterocycles. The van der Waals surface area contributed by atoms with Gasteiger partial charge < -0.3 is 15.6 Å². The van der Waals surface area contributed by atoms with E-state index in [2.05, 4.69) is 15.0 Å². The molecule has 0 saturated carbocycles. The second-order valence-electron chi connectivity index (χ2n) is 4.51. The summed E-state index contributed by atoms with van der Waals surface area (Å²) in [6.07, 6.45) is 1.18. The fourth-order valence-corrected chi connectivity index (χ4v) is 2.80. The summed E-state index contributed by atoms with van der Waals surface area (Å²) in [5.41, 5.74) is 6.64. The van der Waals surface area contributed by atoms with Crippen LogP contribution in [0.1, 0.15) is 12.6 Å². The summed E-state index contributed by atoms with van der Waals surface area (Å²) < 4.78 is 22.9. The molecule has 3 rings (SSSR count). The Bertz CT molecular complexity index is 679. The molecular formula is C10H13N5O5P+. The number of ether oxygens (including phenoxy) is 1. The Balaban J connectivity index is 1.90. The van der Waals surface area contributed by atoms with E-state index in [1.165, 1.54) is 12.7 Å². The van der Waals surface area contributed by atoms with Crippen molar-refractivity contribution in [2.75, 3.05) is 12.3 Å². The van der Waals surface area contributed by atoms with Gasteiger partial charge in [0.15, 0.2) is 11.5 Å². The molecule has 0 aromatic carbocycles. The van der Waals surface area contributed by atoms with Crippen LogP contribution in [0, 0.1) is 0 Å². The molecule has 0 radical (unpaired) electrons. The van der Waals surface area contributed by atoms with Gasteiger partial charge in [-0.05, 0) is 0 Å². The number of hydrogen-bond acceptors (Lipinski definition) is 8. The fourth-order valence-electron chi connectivity index (χ4n) is 2.34. The Morgan fingerprint density at radius 2 is 2.33 bits per heavy atom. The molecule has 0 amide bonds. The highest BCUT2D eigenvalue weighted by atomic mass is 31.1. The quantitative estimate of drug-likeness (QED) is 0.648. The molecule has 11 heteroatoms. The highest BCUT2D eigenvalue weighted by molar-refractivity contribution is 7.32. The first-order chi connectivity index (χ1) is 10.1. The van der Waals surface area contributed by atoms with Gasteiger partial charge in [-0.2, -0.15) is 0 Å². The first-order valence-electron chi connectivity index (χ1n) is 6.12. The number of nitrogens with zero attached hydrogens (tertiary/aromatic N) is 4. The van der Waals surface area contributed by atoms with Crippen molar-refractivity contribution in [2.24, 2.45) is 0 Å². The van der Waals surface area contributed by atoms with Crippen LogP contribution in [-0.2, 0) is 13.8 Å². The van der Waals surface area contributed by atoms with E-state index in [1.807, 2.05) is 0 Å². The number of hydrogen-bond donors (Lipinski definition) is 3. The van der Waals surface area contributed by atoms with Crippen LogP contribution in [0.25, 0.3) is 11.2 Å². The van der Waals surface area contributed by atoms with Crippen molar-refractivity contribution < 1.29 is 23.8 Å². The van der Waals surface area contributed by atoms with E-state index in [0.29, 0.717) is 11.2 Å². The molecule has 0 spiro atoms. The summed E-state index contributed by atoms with van der Waals surface area (Å²) in [4.78, 5) is 20.9. The van der Waals surface area contributed by atoms with Crippen molar-refractivity contribution in [3.63, 3.8) is 0 Å². The van der Waals surface area contributed by atoms with Gasteiger partial charge in [0.2, 0.25) is 0 Å². The fraction of sp³-hybridized carbons (Fsp3) is 0.500. The summed E-state index contributed by atoms with van der Waals surface area (Å²) in [5.74, 6) is 0.252.